The van der Waals surface area contributed by atoms with Crippen LogP contribution < -0.4 is 10.4 Å². The maximum Gasteiger partial charge on any atom is 0.486 e. The molecule has 1 aliphatic rings. The zero-order chi connectivity index (χ0) is 19.7. The Labute approximate surface area is 165 Å². The first-order chi connectivity index (χ1) is 12.7. The Kier molecular flexibility index (Phi) is 5.53. The highest BCUT2D eigenvalue weighted by atomic mass is 28.3. The lowest BCUT2D eigenvalue weighted by Crippen LogP contribution is -2.61. The zero-order valence-electron chi connectivity index (χ0n) is 17.5. The van der Waals surface area contributed by atoms with Crippen LogP contribution in [0.4, 0.5) is 0 Å². The topological polar surface area (TPSA) is 18.5 Å². The predicted molar refractivity (Wildman–Crippen MR) is 118 cm³/mol. The van der Waals surface area contributed by atoms with E-state index in [1.807, 2.05) is 0 Å². The molecule has 0 radical (unpaired) electrons. The van der Waals surface area contributed by atoms with Crippen LogP contribution in [0.5, 0.6) is 0 Å². The Hall–Kier alpha value is -1.62. The summed E-state index contributed by atoms with van der Waals surface area (Å²) in [6.07, 6.45) is 3.30. The number of hydrogen-bond donors (Lipinski definition) is 0. The number of hydrogen-bond acceptors (Lipinski definition) is 2. The molecule has 1 saturated heterocycles. The molecule has 2 aromatic carbocycles. The van der Waals surface area contributed by atoms with Gasteiger partial charge in [-0.2, -0.15) is 0 Å². The lowest BCUT2D eigenvalue weighted by Gasteiger charge is -2.33. The van der Waals surface area contributed by atoms with Gasteiger partial charge in [-0.3, -0.25) is 0 Å². The fourth-order valence-corrected chi connectivity index (χ4v) is 7.69. The normalized spacial score (nSPS) is 19.3. The van der Waals surface area contributed by atoms with E-state index >= 15 is 0 Å². The summed E-state index contributed by atoms with van der Waals surface area (Å²) in [5.41, 5.74) is -0.680. The lowest BCUT2D eigenvalue weighted by atomic mass is 9.88. The van der Waals surface area contributed by atoms with Crippen molar-refractivity contribution in [2.24, 2.45) is 0 Å². The smallest absolute Gasteiger partial charge is 0.400 e. The van der Waals surface area contributed by atoms with E-state index in [0.29, 0.717) is 0 Å². The number of rotatable bonds is 5. The van der Waals surface area contributed by atoms with E-state index in [4.69, 9.17) is 9.31 Å². The average Bonchev–Trinajstić information content (AvgIpc) is 2.87. The summed E-state index contributed by atoms with van der Waals surface area (Å²) in [4.78, 5) is 0. The van der Waals surface area contributed by atoms with Crippen molar-refractivity contribution in [3.8, 4) is 0 Å². The lowest BCUT2D eigenvalue weighted by molar-refractivity contribution is 0.00578. The fourth-order valence-electron chi connectivity index (χ4n) is 3.77. The van der Waals surface area contributed by atoms with Crippen LogP contribution in [0.25, 0.3) is 0 Å². The van der Waals surface area contributed by atoms with Gasteiger partial charge in [0.1, 0.15) is 8.07 Å². The fraction of sp³-hybridized carbons (Fsp3) is 0.391. The summed E-state index contributed by atoms with van der Waals surface area (Å²) in [7, 11) is -2.54. The van der Waals surface area contributed by atoms with Crippen molar-refractivity contribution in [3.05, 3.63) is 71.8 Å². The van der Waals surface area contributed by atoms with E-state index in [2.05, 4.69) is 108 Å². The van der Waals surface area contributed by atoms with Crippen molar-refractivity contribution in [1.82, 2.24) is 0 Å². The van der Waals surface area contributed by atoms with E-state index in [1.54, 1.807) is 0 Å². The molecule has 3 rings (SSSR count). The number of allylic oxidation sites excluding steroid dienone is 1. The molecule has 0 N–H and O–H groups in total. The third kappa shape index (κ3) is 3.58. The van der Waals surface area contributed by atoms with Gasteiger partial charge in [-0.1, -0.05) is 90.6 Å². The van der Waals surface area contributed by atoms with Crippen molar-refractivity contribution in [3.63, 3.8) is 0 Å². The van der Waals surface area contributed by atoms with E-state index < -0.39 is 8.07 Å². The minimum Gasteiger partial charge on any atom is -0.400 e. The molecule has 0 amide bonds. The maximum atomic E-state index is 6.51. The van der Waals surface area contributed by atoms with Gasteiger partial charge in [-0.05, 0) is 39.2 Å². The molecule has 27 heavy (non-hydrogen) atoms. The van der Waals surface area contributed by atoms with Gasteiger partial charge in [-0.15, -0.1) is 0 Å². The monoisotopic (exact) mass is 378 g/mol. The highest BCUT2D eigenvalue weighted by Gasteiger charge is 2.55. The first-order valence-corrected chi connectivity index (χ1v) is 12.4. The van der Waals surface area contributed by atoms with Gasteiger partial charge in [0.25, 0.3) is 0 Å². The molecule has 0 saturated carbocycles. The van der Waals surface area contributed by atoms with Gasteiger partial charge in [0.2, 0.25) is 0 Å². The van der Waals surface area contributed by atoms with Gasteiger partial charge >= 0.3 is 7.12 Å². The second-order valence-electron chi connectivity index (χ2n) is 8.51. The first-order valence-electron chi connectivity index (χ1n) is 9.89. The summed E-state index contributed by atoms with van der Waals surface area (Å²) in [5, 5.41) is 4.07. The van der Waals surface area contributed by atoms with E-state index in [0.717, 1.165) is 6.42 Å². The van der Waals surface area contributed by atoms with Crippen LogP contribution in [0.3, 0.4) is 0 Å². The molecule has 1 fully saturated rings. The molecule has 142 valence electrons. The highest BCUT2D eigenvalue weighted by molar-refractivity contribution is 7.13. The van der Waals surface area contributed by atoms with Gasteiger partial charge in [-0.25, -0.2) is 0 Å². The third-order valence-corrected chi connectivity index (χ3v) is 10.8. The van der Waals surface area contributed by atoms with Crippen molar-refractivity contribution >= 4 is 25.6 Å². The molecule has 2 aromatic rings. The summed E-state index contributed by atoms with van der Waals surface area (Å²) < 4.78 is 13.0. The summed E-state index contributed by atoms with van der Waals surface area (Å²) in [6, 6.07) is 21.7. The second kappa shape index (κ2) is 7.42. The van der Waals surface area contributed by atoms with Crippen LogP contribution in [-0.2, 0) is 9.31 Å². The van der Waals surface area contributed by atoms with E-state index in [1.165, 1.54) is 15.5 Å². The summed E-state index contributed by atoms with van der Waals surface area (Å²) in [5.74, 6) is 0. The van der Waals surface area contributed by atoms with Crippen LogP contribution in [0.15, 0.2) is 71.8 Å². The predicted octanol–water partition coefficient (Wildman–Crippen LogP) is 4.39. The Balaban J connectivity index is 2.17. The van der Waals surface area contributed by atoms with Crippen molar-refractivity contribution in [1.29, 1.82) is 0 Å². The minimum absolute atomic E-state index is 0.313. The Bertz CT molecular complexity index is 744. The van der Waals surface area contributed by atoms with Gasteiger partial charge < -0.3 is 9.31 Å². The summed E-state index contributed by atoms with van der Waals surface area (Å²) in [6.45, 7) is 13.1. The van der Waals surface area contributed by atoms with Gasteiger partial charge in [0.05, 0.1) is 11.2 Å². The third-order valence-electron chi connectivity index (χ3n) is 6.21. The largest absolute Gasteiger partial charge is 0.486 e. The van der Waals surface area contributed by atoms with Gasteiger partial charge in [0, 0.05) is 0 Å². The maximum absolute atomic E-state index is 6.51. The van der Waals surface area contributed by atoms with Crippen molar-refractivity contribution in [2.75, 3.05) is 0 Å². The standard InChI is InChI=1S/C23H31BO2Si/c1-7-14-21(24-25-22(2,3)23(4,5)26-24)27(6,19-15-10-8-11-16-19)20-17-12-9-13-18-20/h8-18H,7H2,1-6H3/b21-14+. The summed E-state index contributed by atoms with van der Waals surface area (Å²) >= 11 is 0. The molecule has 1 aliphatic heterocycles. The van der Waals surface area contributed by atoms with Crippen LogP contribution in [0, 0.1) is 0 Å². The quantitative estimate of drug-likeness (QED) is 0.719. The molecule has 1 heterocycles. The molecule has 0 aliphatic carbocycles. The first kappa shape index (κ1) is 20.1. The highest BCUT2D eigenvalue weighted by Crippen LogP contribution is 2.40. The second-order valence-corrected chi connectivity index (χ2v) is 12.5. The van der Waals surface area contributed by atoms with Crippen molar-refractivity contribution in [2.45, 2.75) is 58.8 Å². The number of benzene rings is 2. The van der Waals surface area contributed by atoms with E-state index in [-0.39, 0.29) is 18.3 Å². The molecule has 4 heteroatoms. The molecule has 0 aromatic heterocycles. The molecular weight excluding hydrogens is 347 g/mol. The zero-order valence-corrected chi connectivity index (χ0v) is 18.5. The Morgan fingerprint density at radius 3 is 1.63 bits per heavy atom. The average molecular weight is 378 g/mol. The van der Waals surface area contributed by atoms with Crippen LogP contribution >= 0.6 is 0 Å². The van der Waals surface area contributed by atoms with Gasteiger partial charge in [0.15, 0.2) is 0 Å². The Morgan fingerprint density at radius 2 is 1.26 bits per heavy atom. The van der Waals surface area contributed by atoms with Crippen LogP contribution in [0.2, 0.25) is 6.55 Å². The van der Waals surface area contributed by atoms with Crippen LogP contribution in [0.1, 0.15) is 41.0 Å². The molecule has 0 spiro atoms. The van der Waals surface area contributed by atoms with Crippen molar-refractivity contribution < 1.29 is 9.31 Å². The van der Waals surface area contributed by atoms with E-state index in [9.17, 15) is 0 Å². The molecule has 2 nitrogen and oxygen atoms in total. The molecule has 0 unspecified atom stereocenters. The Morgan fingerprint density at radius 1 is 0.852 bits per heavy atom. The minimum atomic E-state index is -2.23. The SMILES string of the molecule is CC/C=C(\B1OC(C)(C)C(C)(C)O1)[Si](C)(c1ccccc1)c1ccccc1. The molecule has 0 atom stereocenters. The van der Waals surface area contributed by atoms with Crippen LogP contribution in [-0.4, -0.2) is 26.4 Å². The molecular formula is C23H31BO2Si. The molecule has 0 bridgehead atoms.